The molecule has 14 heavy (non-hydrogen) atoms. The van der Waals surface area contributed by atoms with E-state index in [0.717, 1.165) is 6.42 Å². The third-order valence-electron chi connectivity index (χ3n) is 1.85. The van der Waals surface area contributed by atoms with Crippen molar-refractivity contribution < 1.29 is 18.3 Å². The first-order valence-electron chi connectivity index (χ1n) is 4.89. The summed E-state index contributed by atoms with van der Waals surface area (Å²) in [4.78, 5) is 0. The van der Waals surface area contributed by atoms with Crippen LogP contribution in [0, 0.1) is 0 Å². The van der Waals surface area contributed by atoms with E-state index in [9.17, 15) is 13.5 Å². The molecule has 0 fully saturated rings. The molecule has 0 bridgehead atoms. The van der Waals surface area contributed by atoms with Crippen LogP contribution in [0.4, 0.5) is 0 Å². The molecular formula is C9H20O4S. The van der Waals surface area contributed by atoms with Crippen molar-refractivity contribution in [3.8, 4) is 0 Å². The molecule has 0 aliphatic heterocycles. The topological polar surface area (TPSA) is 63.6 Å². The molecule has 0 rings (SSSR count). The lowest BCUT2D eigenvalue weighted by molar-refractivity contribution is 0.113. The zero-order valence-electron chi connectivity index (χ0n) is 8.90. The van der Waals surface area contributed by atoms with Crippen LogP contribution in [-0.4, -0.2) is 44.9 Å². The molecule has 0 aromatic heterocycles. The Morgan fingerprint density at radius 2 is 2.00 bits per heavy atom. The summed E-state index contributed by atoms with van der Waals surface area (Å²) in [5.74, 6) is 0.0583. The van der Waals surface area contributed by atoms with Crippen molar-refractivity contribution in [2.24, 2.45) is 0 Å². The Morgan fingerprint density at radius 3 is 2.50 bits per heavy atom. The van der Waals surface area contributed by atoms with Gasteiger partial charge in [0.15, 0.2) is 0 Å². The van der Waals surface area contributed by atoms with Gasteiger partial charge in [-0.15, -0.1) is 0 Å². The number of ether oxygens (including phenoxy) is 1. The van der Waals surface area contributed by atoms with E-state index in [0.29, 0.717) is 26.1 Å². The fourth-order valence-electron chi connectivity index (χ4n) is 1.06. The third-order valence-corrected chi connectivity index (χ3v) is 2.83. The highest BCUT2D eigenvalue weighted by Crippen LogP contribution is 2.03. The van der Waals surface area contributed by atoms with Gasteiger partial charge < -0.3 is 9.84 Å². The molecule has 0 saturated heterocycles. The molecule has 4 nitrogen and oxygen atoms in total. The second kappa shape index (κ2) is 7.20. The van der Waals surface area contributed by atoms with E-state index in [1.165, 1.54) is 6.26 Å². The summed E-state index contributed by atoms with van der Waals surface area (Å²) in [5, 5.41) is 9.39. The van der Waals surface area contributed by atoms with Crippen LogP contribution in [0.3, 0.4) is 0 Å². The van der Waals surface area contributed by atoms with Gasteiger partial charge in [-0.25, -0.2) is 8.42 Å². The van der Waals surface area contributed by atoms with E-state index < -0.39 is 15.9 Å². The van der Waals surface area contributed by atoms with Gasteiger partial charge in [-0.05, 0) is 26.2 Å². The van der Waals surface area contributed by atoms with Gasteiger partial charge >= 0.3 is 0 Å². The molecule has 0 aliphatic rings. The van der Waals surface area contributed by atoms with E-state index >= 15 is 0 Å². The van der Waals surface area contributed by atoms with Crippen LogP contribution in [0.15, 0.2) is 0 Å². The van der Waals surface area contributed by atoms with Gasteiger partial charge in [-0.2, -0.15) is 0 Å². The minimum Gasteiger partial charge on any atom is -0.393 e. The van der Waals surface area contributed by atoms with E-state index in [2.05, 4.69) is 0 Å². The van der Waals surface area contributed by atoms with Crippen molar-refractivity contribution in [2.75, 3.05) is 25.2 Å². The summed E-state index contributed by atoms with van der Waals surface area (Å²) in [5.41, 5.74) is 0. The zero-order valence-corrected chi connectivity index (χ0v) is 9.72. The lowest BCUT2D eigenvalue weighted by atomic mass is 10.1. The van der Waals surface area contributed by atoms with Gasteiger partial charge in [0.25, 0.3) is 0 Å². The molecular weight excluding hydrogens is 204 g/mol. The summed E-state index contributed by atoms with van der Waals surface area (Å²) in [6.07, 6.45) is 2.37. The first kappa shape index (κ1) is 13.9. The second-order valence-electron chi connectivity index (χ2n) is 3.41. The van der Waals surface area contributed by atoms with Crippen molar-refractivity contribution in [1.29, 1.82) is 0 Å². The molecule has 86 valence electrons. The lowest BCUT2D eigenvalue weighted by Gasteiger charge is -2.09. The summed E-state index contributed by atoms with van der Waals surface area (Å²) in [7, 11) is -2.95. The Bertz CT molecular complexity index is 223. The van der Waals surface area contributed by atoms with E-state index in [-0.39, 0.29) is 5.75 Å². The van der Waals surface area contributed by atoms with Gasteiger partial charge in [-0.1, -0.05) is 0 Å². The maximum absolute atomic E-state index is 10.8. The molecule has 0 aromatic rings. The van der Waals surface area contributed by atoms with Gasteiger partial charge in [0.1, 0.15) is 9.84 Å². The van der Waals surface area contributed by atoms with Crippen molar-refractivity contribution in [2.45, 2.75) is 32.3 Å². The molecule has 0 saturated carbocycles. The minimum absolute atomic E-state index is 0.0583. The molecule has 5 heteroatoms. The Hall–Kier alpha value is -0.130. The Balaban J connectivity index is 3.42. The van der Waals surface area contributed by atoms with Crippen molar-refractivity contribution in [3.63, 3.8) is 0 Å². The number of sulfone groups is 1. The summed E-state index contributed by atoms with van der Waals surface area (Å²) in [6, 6.07) is 0. The summed E-state index contributed by atoms with van der Waals surface area (Å²) < 4.78 is 26.7. The molecule has 0 amide bonds. The molecule has 1 atom stereocenters. The SMILES string of the molecule is CCOCCCC(O)CCS(C)(=O)=O. The summed E-state index contributed by atoms with van der Waals surface area (Å²) >= 11 is 0. The lowest BCUT2D eigenvalue weighted by Crippen LogP contribution is -2.14. The molecule has 0 aliphatic carbocycles. The molecule has 1 N–H and O–H groups in total. The maximum atomic E-state index is 10.8. The standard InChI is InChI=1S/C9H20O4S/c1-3-13-7-4-5-9(10)6-8-14(2,11)12/h9-10H,3-8H2,1-2H3. The zero-order chi connectivity index (χ0) is 11.0. The monoisotopic (exact) mass is 224 g/mol. The highest BCUT2D eigenvalue weighted by atomic mass is 32.2. The highest BCUT2D eigenvalue weighted by molar-refractivity contribution is 7.90. The normalized spacial score (nSPS) is 14.2. The number of aliphatic hydroxyl groups excluding tert-OH is 1. The first-order valence-corrected chi connectivity index (χ1v) is 6.95. The van der Waals surface area contributed by atoms with Gasteiger partial charge in [0, 0.05) is 19.5 Å². The number of hydrogen-bond donors (Lipinski definition) is 1. The Kier molecular flexibility index (Phi) is 7.13. The summed E-state index contributed by atoms with van der Waals surface area (Å²) in [6.45, 7) is 3.23. The molecule has 0 aromatic carbocycles. The van der Waals surface area contributed by atoms with Crippen molar-refractivity contribution in [1.82, 2.24) is 0 Å². The van der Waals surface area contributed by atoms with E-state index in [1.54, 1.807) is 0 Å². The van der Waals surface area contributed by atoms with Crippen LogP contribution in [0.2, 0.25) is 0 Å². The van der Waals surface area contributed by atoms with E-state index in [1.807, 2.05) is 6.92 Å². The van der Waals surface area contributed by atoms with E-state index in [4.69, 9.17) is 4.74 Å². The van der Waals surface area contributed by atoms with Crippen LogP contribution in [0.5, 0.6) is 0 Å². The van der Waals surface area contributed by atoms with Gasteiger partial charge in [-0.3, -0.25) is 0 Å². The minimum atomic E-state index is -2.95. The number of rotatable bonds is 8. The molecule has 0 heterocycles. The van der Waals surface area contributed by atoms with Crippen LogP contribution >= 0.6 is 0 Å². The fraction of sp³-hybridized carbons (Fsp3) is 1.00. The first-order chi connectivity index (χ1) is 6.45. The van der Waals surface area contributed by atoms with Crippen molar-refractivity contribution in [3.05, 3.63) is 0 Å². The largest absolute Gasteiger partial charge is 0.393 e. The molecule has 1 unspecified atom stereocenters. The molecule has 0 radical (unpaired) electrons. The fourth-order valence-corrected chi connectivity index (χ4v) is 1.76. The predicted molar refractivity (Wildman–Crippen MR) is 56.1 cm³/mol. The second-order valence-corrected chi connectivity index (χ2v) is 5.67. The number of hydrogen-bond acceptors (Lipinski definition) is 4. The third kappa shape index (κ3) is 9.95. The predicted octanol–water partition coefficient (Wildman–Crippen LogP) is 0.599. The average molecular weight is 224 g/mol. The van der Waals surface area contributed by atoms with Gasteiger partial charge in [0.2, 0.25) is 0 Å². The van der Waals surface area contributed by atoms with Crippen LogP contribution in [-0.2, 0) is 14.6 Å². The Morgan fingerprint density at radius 1 is 1.36 bits per heavy atom. The smallest absolute Gasteiger partial charge is 0.147 e. The van der Waals surface area contributed by atoms with Gasteiger partial charge in [0.05, 0.1) is 11.9 Å². The average Bonchev–Trinajstić information content (AvgIpc) is 2.08. The maximum Gasteiger partial charge on any atom is 0.147 e. The van der Waals surface area contributed by atoms with Crippen molar-refractivity contribution >= 4 is 9.84 Å². The Labute approximate surface area is 86.2 Å². The molecule has 0 spiro atoms. The van der Waals surface area contributed by atoms with Crippen LogP contribution in [0.1, 0.15) is 26.2 Å². The quantitative estimate of drug-likeness (QED) is 0.613. The number of aliphatic hydroxyl groups is 1. The highest BCUT2D eigenvalue weighted by Gasteiger charge is 2.08. The van der Waals surface area contributed by atoms with Crippen LogP contribution in [0.25, 0.3) is 0 Å². The van der Waals surface area contributed by atoms with Crippen LogP contribution < -0.4 is 0 Å².